The van der Waals surface area contributed by atoms with Crippen molar-refractivity contribution in [3.8, 4) is 0 Å². The second-order valence-electron chi connectivity index (χ2n) is 7.30. The average molecular weight is 473 g/mol. The molecule has 3 rings (SSSR count). The molecule has 0 atom stereocenters. The molecule has 0 fully saturated rings. The molecule has 8 heteroatoms. The Morgan fingerprint density at radius 1 is 1.00 bits per heavy atom. The van der Waals surface area contributed by atoms with E-state index < -0.39 is 10.0 Å². The van der Waals surface area contributed by atoms with Crippen molar-refractivity contribution in [1.29, 1.82) is 0 Å². The molecular weight excluding hydrogens is 444 g/mol. The van der Waals surface area contributed by atoms with Crippen molar-refractivity contribution in [2.75, 3.05) is 26.8 Å². The van der Waals surface area contributed by atoms with Gasteiger partial charge in [0.05, 0.1) is 11.5 Å². The van der Waals surface area contributed by atoms with Crippen molar-refractivity contribution in [2.45, 2.75) is 24.3 Å². The number of hydrogen-bond donors (Lipinski definition) is 1. The largest absolute Gasteiger partial charge is 0.383 e. The third-order valence-corrected chi connectivity index (χ3v) is 7.31. The number of carbonyl (C=O) groups excluding carboxylic acids is 1. The molecule has 0 aliphatic carbocycles. The minimum absolute atomic E-state index is 0.134. The molecule has 1 amide bonds. The Kier molecular flexibility index (Phi) is 8.99. The number of sulfonamides is 1. The molecule has 0 bridgehead atoms. The van der Waals surface area contributed by atoms with Crippen molar-refractivity contribution in [3.63, 3.8) is 0 Å². The number of benzene rings is 2. The van der Waals surface area contributed by atoms with Crippen molar-refractivity contribution < 1.29 is 17.9 Å². The van der Waals surface area contributed by atoms with E-state index in [1.165, 1.54) is 29.0 Å². The lowest BCUT2D eigenvalue weighted by Gasteiger charge is -2.22. The van der Waals surface area contributed by atoms with Gasteiger partial charge in [-0.1, -0.05) is 36.4 Å². The first kappa shape index (κ1) is 24.1. The van der Waals surface area contributed by atoms with Gasteiger partial charge in [-0.3, -0.25) is 4.79 Å². The van der Waals surface area contributed by atoms with Crippen LogP contribution in [0.4, 0.5) is 0 Å². The maximum absolute atomic E-state index is 13.0. The quantitative estimate of drug-likeness (QED) is 0.433. The number of nitrogens with zero attached hydrogens (tertiary/aromatic N) is 1. The molecule has 0 saturated carbocycles. The van der Waals surface area contributed by atoms with E-state index in [0.29, 0.717) is 25.3 Å². The Hall–Kier alpha value is -2.52. The highest BCUT2D eigenvalue weighted by molar-refractivity contribution is 7.89. The summed E-state index contributed by atoms with van der Waals surface area (Å²) in [6, 6.07) is 20.0. The number of nitrogens with one attached hydrogen (secondary N) is 1. The summed E-state index contributed by atoms with van der Waals surface area (Å²) in [4.78, 5) is 15.9. The Balaban J connectivity index is 1.62. The zero-order valence-corrected chi connectivity index (χ0v) is 19.7. The zero-order valence-electron chi connectivity index (χ0n) is 18.1. The number of aryl methyl sites for hydroxylation is 1. The van der Waals surface area contributed by atoms with E-state index in [9.17, 15) is 13.2 Å². The second-order valence-corrected chi connectivity index (χ2v) is 10.1. The van der Waals surface area contributed by atoms with Crippen LogP contribution in [0.3, 0.4) is 0 Å². The fraction of sp³-hybridized carbons (Fsp3) is 0.292. The van der Waals surface area contributed by atoms with Crippen LogP contribution < -0.4 is 4.72 Å². The van der Waals surface area contributed by atoms with Crippen molar-refractivity contribution >= 4 is 27.3 Å². The smallest absolute Gasteiger partial charge is 0.253 e. The lowest BCUT2D eigenvalue weighted by atomic mass is 10.1. The van der Waals surface area contributed by atoms with E-state index in [1.54, 1.807) is 24.1 Å². The van der Waals surface area contributed by atoms with Crippen molar-refractivity contribution in [1.82, 2.24) is 9.62 Å². The van der Waals surface area contributed by atoms with Gasteiger partial charge in [-0.15, -0.1) is 11.3 Å². The molecule has 1 heterocycles. The van der Waals surface area contributed by atoms with Gasteiger partial charge in [-0.05, 0) is 54.1 Å². The average Bonchev–Trinajstić information content (AvgIpc) is 3.34. The summed E-state index contributed by atoms with van der Waals surface area (Å²) >= 11 is 1.49. The molecule has 0 saturated heterocycles. The van der Waals surface area contributed by atoms with Gasteiger partial charge >= 0.3 is 0 Å². The summed E-state index contributed by atoms with van der Waals surface area (Å²) in [5.41, 5.74) is 1.69. The summed E-state index contributed by atoms with van der Waals surface area (Å²) in [5.74, 6) is -0.134. The molecule has 170 valence electrons. The maximum Gasteiger partial charge on any atom is 0.253 e. The molecular formula is C24H28N2O4S2. The molecule has 0 spiro atoms. The molecule has 0 aliphatic heterocycles. The summed E-state index contributed by atoms with van der Waals surface area (Å²) in [6.07, 6.45) is 1.71. The highest BCUT2D eigenvalue weighted by Gasteiger charge is 2.18. The minimum Gasteiger partial charge on any atom is -0.383 e. The Bertz CT molecular complexity index is 1070. The van der Waals surface area contributed by atoms with Crippen LogP contribution in [-0.4, -0.2) is 46.0 Å². The first-order valence-corrected chi connectivity index (χ1v) is 12.8. The number of ether oxygens (including phenoxy) is 1. The number of carbonyl (C=O) groups is 1. The van der Waals surface area contributed by atoms with Crippen LogP contribution in [0.5, 0.6) is 0 Å². The second kappa shape index (κ2) is 11.9. The van der Waals surface area contributed by atoms with Crippen LogP contribution in [0.2, 0.25) is 0 Å². The lowest BCUT2D eigenvalue weighted by Crippen LogP contribution is -2.35. The Morgan fingerprint density at radius 2 is 1.75 bits per heavy atom. The first-order valence-electron chi connectivity index (χ1n) is 10.4. The normalized spacial score (nSPS) is 11.4. The fourth-order valence-corrected chi connectivity index (χ4v) is 5.00. The molecule has 0 aliphatic rings. The first-order chi connectivity index (χ1) is 15.5. The molecule has 3 aromatic rings. The van der Waals surface area contributed by atoms with Gasteiger partial charge in [0.1, 0.15) is 0 Å². The van der Waals surface area contributed by atoms with Gasteiger partial charge in [-0.25, -0.2) is 13.1 Å². The topological polar surface area (TPSA) is 75.7 Å². The summed E-state index contributed by atoms with van der Waals surface area (Å²) in [7, 11) is -2.04. The molecule has 32 heavy (non-hydrogen) atoms. The number of hydrogen-bond acceptors (Lipinski definition) is 5. The van der Waals surface area contributed by atoms with E-state index >= 15 is 0 Å². The highest BCUT2D eigenvalue weighted by atomic mass is 32.2. The number of rotatable bonds is 12. The van der Waals surface area contributed by atoms with Crippen molar-refractivity contribution in [2.24, 2.45) is 0 Å². The van der Waals surface area contributed by atoms with E-state index in [-0.39, 0.29) is 17.3 Å². The third kappa shape index (κ3) is 7.00. The van der Waals surface area contributed by atoms with Gasteiger partial charge < -0.3 is 9.64 Å². The number of amides is 1. The molecule has 0 unspecified atom stereocenters. The van der Waals surface area contributed by atoms with Gasteiger partial charge in [-0.2, -0.15) is 0 Å². The van der Waals surface area contributed by atoms with Crippen LogP contribution in [0, 0.1) is 0 Å². The van der Waals surface area contributed by atoms with Crippen LogP contribution in [0.1, 0.15) is 27.2 Å². The van der Waals surface area contributed by atoms with Crippen LogP contribution in [-0.2, 0) is 27.7 Å². The summed E-state index contributed by atoms with van der Waals surface area (Å²) in [5, 5.41) is 1.90. The predicted octanol–water partition coefficient (Wildman–Crippen LogP) is 3.95. The van der Waals surface area contributed by atoms with E-state index in [0.717, 1.165) is 17.7 Å². The van der Waals surface area contributed by atoms with Gasteiger partial charge in [0.25, 0.3) is 5.91 Å². The van der Waals surface area contributed by atoms with Crippen LogP contribution in [0.25, 0.3) is 0 Å². The molecule has 1 aromatic heterocycles. The summed E-state index contributed by atoms with van der Waals surface area (Å²) in [6.45, 7) is 1.76. The zero-order chi connectivity index (χ0) is 22.8. The van der Waals surface area contributed by atoms with Gasteiger partial charge in [0.15, 0.2) is 0 Å². The minimum atomic E-state index is -3.65. The Labute approximate surface area is 193 Å². The lowest BCUT2D eigenvalue weighted by molar-refractivity contribution is 0.0693. The monoisotopic (exact) mass is 472 g/mol. The highest BCUT2D eigenvalue weighted by Crippen LogP contribution is 2.15. The molecule has 1 N–H and O–H groups in total. The fourth-order valence-electron chi connectivity index (χ4n) is 3.26. The van der Waals surface area contributed by atoms with E-state index in [2.05, 4.69) is 16.9 Å². The van der Waals surface area contributed by atoms with Crippen molar-refractivity contribution in [3.05, 3.63) is 88.1 Å². The molecule has 2 aromatic carbocycles. The van der Waals surface area contributed by atoms with E-state index in [1.807, 2.05) is 35.7 Å². The summed E-state index contributed by atoms with van der Waals surface area (Å²) < 4.78 is 32.8. The van der Waals surface area contributed by atoms with E-state index in [4.69, 9.17) is 4.74 Å². The number of methoxy groups -OCH3 is 1. The maximum atomic E-state index is 13.0. The van der Waals surface area contributed by atoms with Crippen LogP contribution in [0.15, 0.2) is 77.0 Å². The van der Waals surface area contributed by atoms with Gasteiger partial charge in [0, 0.05) is 37.2 Å². The SMILES string of the molecule is COCCN(CCCc1ccccc1)C(=O)c1ccc(S(=O)(=O)NCc2cccs2)cc1. The third-order valence-electron chi connectivity index (χ3n) is 5.02. The van der Waals surface area contributed by atoms with Gasteiger partial charge in [0.2, 0.25) is 10.0 Å². The molecule has 6 nitrogen and oxygen atoms in total. The Morgan fingerprint density at radius 3 is 2.41 bits per heavy atom. The standard InChI is InChI=1S/C24H28N2O4S2/c1-30-17-16-26(15-5-9-20-7-3-2-4-8-20)24(27)21-11-13-23(14-12-21)32(28,29)25-19-22-10-6-18-31-22/h2-4,6-8,10-14,18,25H,5,9,15-17,19H2,1H3. The predicted molar refractivity (Wildman–Crippen MR) is 127 cm³/mol. The molecule has 0 radical (unpaired) electrons. The van der Waals surface area contributed by atoms with Crippen LogP contribution >= 0.6 is 11.3 Å². The number of thiophene rings is 1.